The van der Waals surface area contributed by atoms with Crippen molar-refractivity contribution in [3.05, 3.63) is 35.1 Å². The lowest BCUT2D eigenvalue weighted by Gasteiger charge is -2.31. The molecule has 1 aromatic rings. The minimum atomic E-state index is -0.142. The highest BCUT2D eigenvalue weighted by Gasteiger charge is 2.26. The molecule has 1 aliphatic rings. The third-order valence-electron chi connectivity index (χ3n) is 4.08. The van der Waals surface area contributed by atoms with E-state index in [-0.39, 0.29) is 11.9 Å². The number of rotatable bonds is 2. The first-order chi connectivity index (χ1) is 8.08. The summed E-state index contributed by atoms with van der Waals surface area (Å²) in [6, 6.07) is 5.25. The second-order valence-corrected chi connectivity index (χ2v) is 5.57. The Balaban J connectivity index is 2.11. The van der Waals surface area contributed by atoms with Crippen LogP contribution in [0.15, 0.2) is 18.2 Å². The first kappa shape index (κ1) is 12.6. The van der Waals surface area contributed by atoms with Crippen molar-refractivity contribution in [3.8, 4) is 0 Å². The largest absolute Gasteiger partial charge is 0.324 e. The van der Waals surface area contributed by atoms with Crippen LogP contribution in [-0.2, 0) is 0 Å². The minimum Gasteiger partial charge on any atom is -0.324 e. The predicted molar refractivity (Wildman–Crippen MR) is 69.2 cm³/mol. The Hall–Kier alpha value is -0.890. The SMILES string of the molecule is Cc1ccc(C(N)C2CCC(C)CC2)c(F)c1. The highest BCUT2D eigenvalue weighted by Crippen LogP contribution is 2.36. The summed E-state index contributed by atoms with van der Waals surface area (Å²) in [5.74, 6) is 1.11. The van der Waals surface area contributed by atoms with Crippen LogP contribution in [0.1, 0.15) is 49.8 Å². The van der Waals surface area contributed by atoms with Gasteiger partial charge in [-0.15, -0.1) is 0 Å². The van der Waals surface area contributed by atoms with E-state index in [2.05, 4.69) is 6.92 Å². The second kappa shape index (κ2) is 5.18. The summed E-state index contributed by atoms with van der Waals surface area (Å²) < 4.78 is 13.9. The summed E-state index contributed by atoms with van der Waals surface area (Å²) in [7, 11) is 0. The van der Waals surface area contributed by atoms with Crippen LogP contribution in [0.25, 0.3) is 0 Å². The summed E-state index contributed by atoms with van der Waals surface area (Å²) in [5.41, 5.74) is 7.87. The highest BCUT2D eigenvalue weighted by atomic mass is 19.1. The van der Waals surface area contributed by atoms with Crippen LogP contribution in [0.5, 0.6) is 0 Å². The van der Waals surface area contributed by atoms with E-state index in [0.717, 1.165) is 24.3 Å². The Labute approximate surface area is 103 Å². The van der Waals surface area contributed by atoms with Crippen molar-refractivity contribution < 1.29 is 4.39 Å². The number of hydrogen-bond acceptors (Lipinski definition) is 1. The van der Waals surface area contributed by atoms with Crippen LogP contribution in [0.4, 0.5) is 4.39 Å². The van der Waals surface area contributed by atoms with Gasteiger partial charge in [-0.1, -0.05) is 31.9 Å². The van der Waals surface area contributed by atoms with E-state index in [1.54, 1.807) is 6.07 Å². The van der Waals surface area contributed by atoms with Gasteiger partial charge in [0.05, 0.1) is 0 Å². The molecule has 94 valence electrons. The van der Waals surface area contributed by atoms with E-state index in [1.807, 2.05) is 19.1 Å². The van der Waals surface area contributed by atoms with Crippen molar-refractivity contribution in [2.45, 2.75) is 45.6 Å². The van der Waals surface area contributed by atoms with Gasteiger partial charge in [-0.25, -0.2) is 4.39 Å². The third-order valence-corrected chi connectivity index (χ3v) is 4.08. The first-order valence-corrected chi connectivity index (χ1v) is 6.59. The molecule has 2 N–H and O–H groups in total. The van der Waals surface area contributed by atoms with Crippen molar-refractivity contribution in [3.63, 3.8) is 0 Å². The number of aryl methyl sites for hydroxylation is 1. The maximum atomic E-state index is 13.9. The Morgan fingerprint density at radius 2 is 1.88 bits per heavy atom. The molecule has 0 heterocycles. The van der Waals surface area contributed by atoms with Crippen LogP contribution < -0.4 is 5.73 Å². The smallest absolute Gasteiger partial charge is 0.128 e. The second-order valence-electron chi connectivity index (χ2n) is 5.57. The molecule has 0 bridgehead atoms. The number of nitrogens with two attached hydrogens (primary N) is 1. The first-order valence-electron chi connectivity index (χ1n) is 6.59. The Kier molecular flexibility index (Phi) is 3.82. The van der Waals surface area contributed by atoms with Crippen LogP contribution in [0.2, 0.25) is 0 Å². The topological polar surface area (TPSA) is 26.0 Å². The summed E-state index contributed by atoms with van der Waals surface area (Å²) in [6.07, 6.45) is 4.73. The lowest BCUT2D eigenvalue weighted by Crippen LogP contribution is -2.26. The molecule has 0 radical (unpaired) electrons. The molecule has 1 unspecified atom stereocenters. The van der Waals surface area contributed by atoms with E-state index in [9.17, 15) is 4.39 Å². The molecule has 1 nitrogen and oxygen atoms in total. The third kappa shape index (κ3) is 2.86. The van der Waals surface area contributed by atoms with Gasteiger partial charge in [-0.3, -0.25) is 0 Å². The Bertz CT molecular complexity index is 381. The quantitative estimate of drug-likeness (QED) is 0.825. The van der Waals surface area contributed by atoms with Gasteiger partial charge in [-0.2, -0.15) is 0 Å². The molecular weight excluding hydrogens is 213 g/mol. The maximum absolute atomic E-state index is 13.9. The molecule has 0 aliphatic heterocycles. The molecule has 0 amide bonds. The molecular formula is C15H22FN. The van der Waals surface area contributed by atoms with Crippen LogP contribution >= 0.6 is 0 Å². The molecule has 0 saturated heterocycles. The molecule has 1 saturated carbocycles. The minimum absolute atomic E-state index is 0.136. The van der Waals surface area contributed by atoms with Gasteiger partial charge in [0.2, 0.25) is 0 Å². The van der Waals surface area contributed by atoms with E-state index >= 15 is 0 Å². The molecule has 0 spiro atoms. The fraction of sp³-hybridized carbons (Fsp3) is 0.600. The van der Waals surface area contributed by atoms with Crippen LogP contribution in [0.3, 0.4) is 0 Å². The van der Waals surface area contributed by atoms with E-state index < -0.39 is 0 Å². The number of halogens is 1. The average molecular weight is 235 g/mol. The summed E-state index contributed by atoms with van der Waals surface area (Å²) in [5, 5.41) is 0. The lowest BCUT2D eigenvalue weighted by atomic mass is 9.77. The highest BCUT2D eigenvalue weighted by molar-refractivity contribution is 5.26. The average Bonchev–Trinajstić information content (AvgIpc) is 2.29. The van der Waals surface area contributed by atoms with Crippen molar-refractivity contribution in [2.75, 3.05) is 0 Å². The van der Waals surface area contributed by atoms with Gasteiger partial charge in [-0.05, 0) is 43.2 Å². The molecule has 1 aromatic carbocycles. The predicted octanol–water partition coefficient (Wildman–Crippen LogP) is 3.96. The summed E-state index contributed by atoms with van der Waals surface area (Å²) in [4.78, 5) is 0. The number of benzene rings is 1. The van der Waals surface area contributed by atoms with Crippen LogP contribution in [-0.4, -0.2) is 0 Å². The zero-order valence-corrected chi connectivity index (χ0v) is 10.7. The molecule has 17 heavy (non-hydrogen) atoms. The fourth-order valence-electron chi connectivity index (χ4n) is 2.80. The van der Waals surface area contributed by atoms with Crippen molar-refractivity contribution in [1.29, 1.82) is 0 Å². The normalized spacial score (nSPS) is 26.8. The summed E-state index contributed by atoms with van der Waals surface area (Å²) in [6.45, 7) is 4.19. The van der Waals surface area contributed by atoms with Gasteiger partial charge in [0.1, 0.15) is 5.82 Å². The molecule has 0 aromatic heterocycles. The van der Waals surface area contributed by atoms with Crippen molar-refractivity contribution in [1.82, 2.24) is 0 Å². The molecule has 2 heteroatoms. The van der Waals surface area contributed by atoms with E-state index in [4.69, 9.17) is 5.73 Å². The zero-order valence-electron chi connectivity index (χ0n) is 10.7. The van der Waals surface area contributed by atoms with Gasteiger partial charge in [0.15, 0.2) is 0 Å². The maximum Gasteiger partial charge on any atom is 0.128 e. The van der Waals surface area contributed by atoms with Crippen molar-refractivity contribution in [2.24, 2.45) is 17.6 Å². The lowest BCUT2D eigenvalue weighted by molar-refractivity contribution is 0.253. The molecule has 1 aliphatic carbocycles. The summed E-state index contributed by atoms with van der Waals surface area (Å²) >= 11 is 0. The van der Waals surface area contributed by atoms with Gasteiger partial charge in [0.25, 0.3) is 0 Å². The van der Waals surface area contributed by atoms with Crippen LogP contribution in [0, 0.1) is 24.6 Å². The zero-order chi connectivity index (χ0) is 12.4. The Morgan fingerprint density at radius 1 is 1.24 bits per heavy atom. The molecule has 2 rings (SSSR count). The van der Waals surface area contributed by atoms with Gasteiger partial charge in [0, 0.05) is 11.6 Å². The van der Waals surface area contributed by atoms with E-state index in [0.29, 0.717) is 11.5 Å². The van der Waals surface area contributed by atoms with E-state index in [1.165, 1.54) is 12.8 Å². The number of hydrogen-bond donors (Lipinski definition) is 1. The standard InChI is InChI=1S/C15H22FN/c1-10-3-6-12(7-4-10)15(17)13-8-5-11(2)9-14(13)16/h5,8-10,12,15H,3-4,6-7,17H2,1-2H3. The van der Waals surface area contributed by atoms with Crippen molar-refractivity contribution >= 4 is 0 Å². The molecule has 1 atom stereocenters. The fourth-order valence-corrected chi connectivity index (χ4v) is 2.80. The van der Waals surface area contributed by atoms with Gasteiger partial charge < -0.3 is 5.73 Å². The Morgan fingerprint density at radius 3 is 2.47 bits per heavy atom. The monoisotopic (exact) mass is 235 g/mol. The molecule has 1 fully saturated rings. The van der Waals surface area contributed by atoms with Gasteiger partial charge >= 0.3 is 0 Å².